The number of nitrogens with zero attached hydrogens (tertiary/aromatic N) is 1. The average molecular weight is 240 g/mol. The summed E-state index contributed by atoms with van der Waals surface area (Å²) in [6, 6.07) is -0.356. The van der Waals surface area contributed by atoms with Crippen molar-refractivity contribution in [2.75, 3.05) is 13.6 Å². The van der Waals surface area contributed by atoms with Gasteiger partial charge in [-0.3, -0.25) is 9.59 Å². The minimum absolute atomic E-state index is 0.0325. The van der Waals surface area contributed by atoms with E-state index in [1.165, 1.54) is 0 Å². The molecule has 0 radical (unpaired) electrons. The zero-order valence-electron chi connectivity index (χ0n) is 10.2. The van der Waals surface area contributed by atoms with E-state index in [-0.39, 0.29) is 29.9 Å². The summed E-state index contributed by atoms with van der Waals surface area (Å²) in [6.45, 7) is 0.590. The molecule has 0 bridgehead atoms. The van der Waals surface area contributed by atoms with Crippen molar-refractivity contribution in [3.05, 3.63) is 0 Å². The molecule has 3 unspecified atom stereocenters. The Hall–Kier alpha value is -1.10. The van der Waals surface area contributed by atoms with Crippen molar-refractivity contribution in [2.45, 2.75) is 44.2 Å². The topological polar surface area (TPSA) is 69.6 Å². The molecule has 2 N–H and O–H groups in total. The van der Waals surface area contributed by atoms with Crippen LogP contribution in [0.15, 0.2) is 0 Å². The van der Waals surface area contributed by atoms with Gasteiger partial charge in [0.1, 0.15) is 6.04 Å². The third kappa shape index (κ3) is 2.77. The normalized spacial score (nSPS) is 32.6. The van der Waals surface area contributed by atoms with Gasteiger partial charge in [-0.15, -0.1) is 0 Å². The van der Waals surface area contributed by atoms with Crippen LogP contribution < -0.4 is 5.32 Å². The molecule has 1 saturated carbocycles. The minimum Gasteiger partial charge on any atom is -0.393 e. The van der Waals surface area contributed by atoms with Gasteiger partial charge in [-0.25, -0.2) is 0 Å². The van der Waals surface area contributed by atoms with Crippen LogP contribution in [0.1, 0.15) is 32.1 Å². The summed E-state index contributed by atoms with van der Waals surface area (Å²) < 4.78 is 0. The maximum absolute atomic E-state index is 12.0. The van der Waals surface area contributed by atoms with Crippen LogP contribution in [0.4, 0.5) is 0 Å². The van der Waals surface area contributed by atoms with Crippen LogP contribution in [0.25, 0.3) is 0 Å². The summed E-state index contributed by atoms with van der Waals surface area (Å²) >= 11 is 0. The number of hydrogen-bond acceptors (Lipinski definition) is 3. The third-order valence-corrected chi connectivity index (χ3v) is 3.80. The van der Waals surface area contributed by atoms with Gasteiger partial charge in [0.2, 0.25) is 11.8 Å². The second kappa shape index (κ2) is 5.04. The Morgan fingerprint density at radius 3 is 2.76 bits per heavy atom. The van der Waals surface area contributed by atoms with E-state index in [4.69, 9.17) is 0 Å². The lowest BCUT2D eigenvalue weighted by molar-refractivity contribution is -0.134. The molecule has 0 aromatic carbocycles. The molecule has 17 heavy (non-hydrogen) atoms. The third-order valence-electron chi connectivity index (χ3n) is 3.80. The van der Waals surface area contributed by atoms with Crippen LogP contribution in [0.2, 0.25) is 0 Å². The van der Waals surface area contributed by atoms with Crippen molar-refractivity contribution >= 4 is 11.8 Å². The highest BCUT2D eigenvalue weighted by Gasteiger charge is 2.32. The second-order valence-electron chi connectivity index (χ2n) is 5.14. The summed E-state index contributed by atoms with van der Waals surface area (Å²) in [7, 11) is 1.75. The van der Waals surface area contributed by atoms with Gasteiger partial charge in [-0.1, -0.05) is 6.42 Å². The second-order valence-corrected chi connectivity index (χ2v) is 5.14. The van der Waals surface area contributed by atoms with Crippen LogP contribution >= 0.6 is 0 Å². The van der Waals surface area contributed by atoms with Crippen molar-refractivity contribution in [1.29, 1.82) is 0 Å². The van der Waals surface area contributed by atoms with Crippen LogP contribution in [0.5, 0.6) is 0 Å². The first kappa shape index (κ1) is 12.4. The molecule has 1 heterocycles. The van der Waals surface area contributed by atoms with Crippen molar-refractivity contribution in [3.8, 4) is 0 Å². The molecule has 3 atom stereocenters. The minimum atomic E-state index is -0.356. The van der Waals surface area contributed by atoms with E-state index < -0.39 is 0 Å². The van der Waals surface area contributed by atoms with Gasteiger partial charge in [0.25, 0.3) is 0 Å². The monoisotopic (exact) mass is 240 g/mol. The molecule has 96 valence electrons. The van der Waals surface area contributed by atoms with Crippen molar-refractivity contribution in [3.63, 3.8) is 0 Å². The zero-order chi connectivity index (χ0) is 12.4. The highest BCUT2D eigenvalue weighted by molar-refractivity contribution is 5.90. The molecule has 0 spiro atoms. The van der Waals surface area contributed by atoms with E-state index in [1.54, 1.807) is 11.9 Å². The maximum atomic E-state index is 12.0. The number of hydrogen-bond donors (Lipinski definition) is 2. The van der Waals surface area contributed by atoms with Gasteiger partial charge in [-0.05, 0) is 19.3 Å². The fourth-order valence-electron chi connectivity index (χ4n) is 2.74. The van der Waals surface area contributed by atoms with Gasteiger partial charge in [0.05, 0.1) is 6.10 Å². The quantitative estimate of drug-likeness (QED) is 0.723. The Bertz CT molecular complexity index is 319. The highest BCUT2D eigenvalue weighted by Crippen LogP contribution is 2.26. The molecular weight excluding hydrogens is 220 g/mol. The lowest BCUT2D eigenvalue weighted by Crippen LogP contribution is -2.45. The van der Waals surface area contributed by atoms with Crippen molar-refractivity contribution < 1.29 is 14.7 Å². The standard InChI is InChI=1S/C12H20N2O3/c1-14(7-8-3-2-4-10(8)15)12(17)9-5-6-11(16)13-9/h8-10,15H,2-7H2,1H3,(H,13,16). The number of likely N-dealkylation sites (N-methyl/N-ethyl adjacent to an activating group) is 1. The van der Waals surface area contributed by atoms with Gasteiger partial charge in [0, 0.05) is 25.9 Å². The van der Waals surface area contributed by atoms with Crippen LogP contribution in [0.3, 0.4) is 0 Å². The van der Waals surface area contributed by atoms with E-state index in [1.807, 2.05) is 0 Å². The van der Waals surface area contributed by atoms with Gasteiger partial charge >= 0.3 is 0 Å². The maximum Gasteiger partial charge on any atom is 0.244 e. The van der Waals surface area contributed by atoms with E-state index >= 15 is 0 Å². The first-order chi connectivity index (χ1) is 8.08. The first-order valence-corrected chi connectivity index (χ1v) is 6.30. The summed E-state index contributed by atoms with van der Waals surface area (Å²) in [6.07, 6.45) is 3.62. The molecule has 5 heteroatoms. The first-order valence-electron chi connectivity index (χ1n) is 6.30. The Balaban J connectivity index is 1.84. The molecule has 1 saturated heterocycles. The Morgan fingerprint density at radius 1 is 1.47 bits per heavy atom. The number of carbonyl (C=O) groups is 2. The van der Waals surface area contributed by atoms with E-state index in [9.17, 15) is 14.7 Å². The van der Waals surface area contributed by atoms with E-state index in [0.717, 1.165) is 19.3 Å². The molecule has 2 rings (SSSR count). The van der Waals surface area contributed by atoms with Crippen LogP contribution in [0, 0.1) is 5.92 Å². The Labute approximate surface area is 101 Å². The molecule has 2 amide bonds. The van der Waals surface area contributed by atoms with Gasteiger partial charge in [0.15, 0.2) is 0 Å². The zero-order valence-corrected chi connectivity index (χ0v) is 10.2. The van der Waals surface area contributed by atoms with Crippen molar-refractivity contribution in [2.24, 2.45) is 5.92 Å². The Morgan fingerprint density at radius 2 is 2.24 bits per heavy atom. The predicted octanol–water partition coefficient (Wildman–Crippen LogP) is -0.116. The number of carbonyl (C=O) groups excluding carboxylic acids is 2. The largest absolute Gasteiger partial charge is 0.393 e. The molecule has 1 aliphatic carbocycles. The summed E-state index contributed by atoms with van der Waals surface area (Å²) in [5, 5.41) is 12.4. The fourth-order valence-corrected chi connectivity index (χ4v) is 2.74. The number of rotatable bonds is 3. The number of aliphatic hydroxyl groups excluding tert-OH is 1. The molecule has 1 aliphatic heterocycles. The van der Waals surface area contributed by atoms with Gasteiger partial charge in [-0.2, -0.15) is 0 Å². The van der Waals surface area contributed by atoms with Gasteiger partial charge < -0.3 is 15.3 Å². The predicted molar refractivity (Wildman–Crippen MR) is 62.1 cm³/mol. The lowest BCUT2D eigenvalue weighted by Gasteiger charge is -2.25. The van der Waals surface area contributed by atoms with Crippen LogP contribution in [-0.2, 0) is 9.59 Å². The van der Waals surface area contributed by atoms with Crippen LogP contribution in [-0.4, -0.2) is 47.6 Å². The lowest BCUT2D eigenvalue weighted by atomic mass is 10.1. The summed E-state index contributed by atoms with van der Waals surface area (Å²) in [4.78, 5) is 24.7. The highest BCUT2D eigenvalue weighted by atomic mass is 16.3. The summed E-state index contributed by atoms with van der Waals surface area (Å²) in [5.74, 6) is 0.119. The summed E-state index contributed by atoms with van der Waals surface area (Å²) in [5.41, 5.74) is 0. The molecule has 2 fully saturated rings. The molecule has 0 aromatic rings. The molecular formula is C12H20N2O3. The SMILES string of the molecule is CN(CC1CCCC1O)C(=O)C1CCC(=O)N1. The number of amides is 2. The van der Waals surface area contributed by atoms with E-state index in [2.05, 4.69) is 5.32 Å². The smallest absolute Gasteiger partial charge is 0.244 e. The average Bonchev–Trinajstić information content (AvgIpc) is 2.88. The fraction of sp³-hybridized carbons (Fsp3) is 0.833. The molecule has 5 nitrogen and oxygen atoms in total. The molecule has 2 aliphatic rings. The number of nitrogens with one attached hydrogen (secondary N) is 1. The number of aliphatic hydroxyl groups is 1. The Kier molecular flexibility index (Phi) is 3.66. The van der Waals surface area contributed by atoms with Crippen molar-refractivity contribution in [1.82, 2.24) is 10.2 Å². The van der Waals surface area contributed by atoms with E-state index in [0.29, 0.717) is 19.4 Å². The molecule has 0 aromatic heterocycles.